The van der Waals surface area contributed by atoms with Gasteiger partial charge in [-0.2, -0.15) is 5.10 Å². The lowest BCUT2D eigenvalue weighted by Crippen LogP contribution is -1.96. The zero-order valence-corrected chi connectivity index (χ0v) is 12.8. The zero-order valence-electron chi connectivity index (χ0n) is 11.2. The molecule has 20 heavy (non-hydrogen) atoms. The highest BCUT2D eigenvalue weighted by atomic mass is 79.9. The molecule has 0 unspecified atom stereocenters. The molecule has 0 spiro atoms. The standard InChI is InChI=1S/C15H14BrN3O/c1-9-5-10(2)7-11(6-9)19-8-12(17)15(18-19)13-3-4-14(16)20-13/h3-8H,17H2,1-2H3. The molecule has 1 aromatic carbocycles. The van der Waals surface area contributed by atoms with Crippen LogP contribution in [0.15, 0.2) is 45.6 Å². The molecule has 102 valence electrons. The molecular weight excluding hydrogens is 318 g/mol. The van der Waals surface area contributed by atoms with Gasteiger partial charge in [0.15, 0.2) is 16.1 Å². The summed E-state index contributed by atoms with van der Waals surface area (Å²) in [6, 6.07) is 9.93. The van der Waals surface area contributed by atoms with E-state index in [0.717, 1.165) is 5.69 Å². The maximum atomic E-state index is 6.04. The summed E-state index contributed by atoms with van der Waals surface area (Å²) in [6.45, 7) is 4.13. The molecule has 3 rings (SSSR count). The van der Waals surface area contributed by atoms with E-state index in [0.29, 0.717) is 21.8 Å². The molecule has 2 aromatic heterocycles. The van der Waals surface area contributed by atoms with Gasteiger partial charge in [-0.25, -0.2) is 4.68 Å². The lowest BCUT2D eigenvalue weighted by atomic mass is 10.1. The first-order valence-corrected chi connectivity index (χ1v) is 7.02. The second kappa shape index (κ2) is 4.83. The number of anilines is 1. The van der Waals surface area contributed by atoms with Gasteiger partial charge in [0.25, 0.3) is 0 Å². The van der Waals surface area contributed by atoms with Crippen LogP contribution in [0.25, 0.3) is 17.1 Å². The summed E-state index contributed by atoms with van der Waals surface area (Å²) in [7, 11) is 0. The smallest absolute Gasteiger partial charge is 0.169 e. The molecule has 4 nitrogen and oxygen atoms in total. The molecule has 0 aliphatic rings. The molecule has 0 bridgehead atoms. The fourth-order valence-electron chi connectivity index (χ4n) is 2.24. The Kier molecular flexibility index (Phi) is 3.14. The van der Waals surface area contributed by atoms with E-state index < -0.39 is 0 Å². The third-order valence-corrected chi connectivity index (χ3v) is 3.45. The summed E-state index contributed by atoms with van der Waals surface area (Å²) in [6.07, 6.45) is 1.81. The Hall–Kier alpha value is -2.01. The van der Waals surface area contributed by atoms with Crippen LogP contribution in [0.3, 0.4) is 0 Å². The summed E-state index contributed by atoms with van der Waals surface area (Å²) >= 11 is 3.28. The number of nitrogens with two attached hydrogens (primary N) is 1. The number of benzene rings is 1. The molecule has 0 saturated heterocycles. The summed E-state index contributed by atoms with van der Waals surface area (Å²) in [4.78, 5) is 0. The quantitative estimate of drug-likeness (QED) is 0.769. The number of aryl methyl sites for hydroxylation is 2. The van der Waals surface area contributed by atoms with Gasteiger partial charge in [0.2, 0.25) is 0 Å². The molecule has 0 aliphatic heterocycles. The first-order chi connectivity index (χ1) is 9.52. The number of aromatic nitrogens is 2. The number of halogens is 1. The number of nitrogens with zero attached hydrogens (tertiary/aromatic N) is 2. The predicted molar refractivity (Wildman–Crippen MR) is 82.9 cm³/mol. The first-order valence-electron chi connectivity index (χ1n) is 6.22. The minimum atomic E-state index is 0.589. The number of hydrogen-bond acceptors (Lipinski definition) is 3. The lowest BCUT2D eigenvalue weighted by Gasteiger charge is -2.04. The Bertz CT molecular complexity index is 753. The van der Waals surface area contributed by atoms with Crippen LogP contribution in [-0.4, -0.2) is 9.78 Å². The summed E-state index contributed by atoms with van der Waals surface area (Å²) in [5.74, 6) is 0.650. The highest BCUT2D eigenvalue weighted by Crippen LogP contribution is 2.29. The SMILES string of the molecule is Cc1cc(C)cc(-n2cc(N)c(-c3ccc(Br)o3)n2)c1. The van der Waals surface area contributed by atoms with E-state index in [2.05, 4.69) is 53.1 Å². The Morgan fingerprint density at radius 3 is 2.45 bits per heavy atom. The molecule has 5 heteroatoms. The molecule has 2 heterocycles. The van der Waals surface area contributed by atoms with Gasteiger partial charge in [0.05, 0.1) is 17.6 Å². The van der Waals surface area contributed by atoms with E-state index in [-0.39, 0.29) is 0 Å². The van der Waals surface area contributed by atoms with Crippen molar-refractivity contribution in [2.45, 2.75) is 13.8 Å². The second-order valence-electron chi connectivity index (χ2n) is 4.83. The minimum absolute atomic E-state index is 0.589. The van der Waals surface area contributed by atoms with E-state index in [1.54, 1.807) is 10.9 Å². The third-order valence-electron chi connectivity index (χ3n) is 3.02. The highest BCUT2D eigenvalue weighted by molar-refractivity contribution is 9.10. The topological polar surface area (TPSA) is 57.0 Å². The monoisotopic (exact) mass is 331 g/mol. The van der Waals surface area contributed by atoms with Crippen molar-refractivity contribution in [2.24, 2.45) is 0 Å². The van der Waals surface area contributed by atoms with Crippen molar-refractivity contribution >= 4 is 21.6 Å². The maximum Gasteiger partial charge on any atom is 0.169 e. The third kappa shape index (κ3) is 2.36. The van der Waals surface area contributed by atoms with Crippen LogP contribution in [0, 0.1) is 13.8 Å². The molecule has 0 amide bonds. The van der Waals surface area contributed by atoms with Gasteiger partial charge in [-0.15, -0.1) is 0 Å². The van der Waals surface area contributed by atoms with Crippen LogP contribution in [0.1, 0.15) is 11.1 Å². The van der Waals surface area contributed by atoms with E-state index in [1.165, 1.54) is 11.1 Å². The van der Waals surface area contributed by atoms with Crippen molar-refractivity contribution in [3.8, 4) is 17.1 Å². The molecule has 2 N–H and O–H groups in total. The van der Waals surface area contributed by atoms with E-state index in [1.807, 2.05) is 12.1 Å². The van der Waals surface area contributed by atoms with E-state index in [9.17, 15) is 0 Å². The Morgan fingerprint density at radius 1 is 1.15 bits per heavy atom. The van der Waals surface area contributed by atoms with Gasteiger partial charge in [0, 0.05) is 0 Å². The van der Waals surface area contributed by atoms with Crippen LogP contribution < -0.4 is 5.73 Å². The van der Waals surface area contributed by atoms with Crippen molar-refractivity contribution < 1.29 is 4.42 Å². The van der Waals surface area contributed by atoms with E-state index >= 15 is 0 Å². The largest absolute Gasteiger partial charge is 0.448 e. The minimum Gasteiger partial charge on any atom is -0.448 e. The van der Waals surface area contributed by atoms with Gasteiger partial charge >= 0.3 is 0 Å². The number of furan rings is 1. The van der Waals surface area contributed by atoms with Gasteiger partial charge in [-0.05, 0) is 65.2 Å². The fourth-order valence-corrected chi connectivity index (χ4v) is 2.54. The van der Waals surface area contributed by atoms with Crippen molar-refractivity contribution in [3.05, 3.63) is 52.3 Å². The van der Waals surface area contributed by atoms with Crippen LogP contribution in [-0.2, 0) is 0 Å². The molecule has 3 aromatic rings. The number of nitrogen functional groups attached to an aromatic ring is 1. The summed E-state index contributed by atoms with van der Waals surface area (Å²) in [5.41, 5.74) is 10.6. The highest BCUT2D eigenvalue weighted by Gasteiger charge is 2.13. The van der Waals surface area contributed by atoms with Crippen LogP contribution in [0.4, 0.5) is 5.69 Å². The summed E-state index contributed by atoms with van der Waals surface area (Å²) in [5, 5.41) is 4.52. The van der Waals surface area contributed by atoms with E-state index in [4.69, 9.17) is 10.2 Å². The molecule has 0 saturated carbocycles. The average molecular weight is 332 g/mol. The van der Waals surface area contributed by atoms with Gasteiger partial charge in [0.1, 0.15) is 0 Å². The van der Waals surface area contributed by atoms with Gasteiger partial charge in [-0.3, -0.25) is 0 Å². The summed E-state index contributed by atoms with van der Waals surface area (Å²) < 4.78 is 7.95. The van der Waals surface area contributed by atoms with Gasteiger partial charge < -0.3 is 10.2 Å². The van der Waals surface area contributed by atoms with Crippen LogP contribution in [0.2, 0.25) is 0 Å². The normalized spacial score (nSPS) is 10.9. The van der Waals surface area contributed by atoms with Gasteiger partial charge in [-0.1, -0.05) is 6.07 Å². The molecule has 0 radical (unpaired) electrons. The Labute approximate surface area is 125 Å². The van der Waals surface area contributed by atoms with Crippen LogP contribution in [0.5, 0.6) is 0 Å². The number of rotatable bonds is 2. The number of hydrogen-bond donors (Lipinski definition) is 1. The lowest BCUT2D eigenvalue weighted by molar-refractivity contribution is 0.553. The average Bonchev–Trinajstić information content (AvgIpc) is 2.94. The maximum absolute atomic E-state index is 6.04. The zero-order chi connectivity index (χ0) is 14.3. The van der Waals surface area contributed by atoms with Crippen molar-refractivity contribution in [1.29, 1.82) is 0 Å². The Balaban J connectivity index is 2.08. The first kappa shape index (κ1) is 13.0. The van der Waals surface area contributed by atoms with Crippen LogP contribution >= 0.6 is 15.9 Å². The molecular formula is C15H14BrN3O. The predicted octanol–water partition coefficient (Wildman–Crippen LogP) is 4.09. The Morgan fingerprint density at radius 2 is 1.85 bits per heavy atom. The molecule has 0 aliphatic carbocycles. The molecule has 0 fully saturated rings. The van der Waals surface area contributed by atoms with Crippen molar-refractivity contribution in [3.63, 3.8) is 0 Å². The second-order valence-corrected chi connectivity index (χ2v) is 5.61. The molecule has 0 atom stereocenters. The fraction of sp³-hybridized carbons (Fsp3) is 0.133. The van der Waals surface area contributed by atoms with Crippen molar-refractivity contribution in [2.75, 3.05) is 5.73 Å². The van der Waals surface area contributed by atoms with Crippen molar-refractivity contribution in [1.82, 2.24) is 9.78 Å².